The summed E-state index contributed by atoms with van der Waals surface area (Å²) < 4.78 is 40.3. The molecule has 6 heteroatoms. The molecule has 0 amide bonds. The lowest BCUT2D eigenvalue weighted by Crippen LogP contribution is -2.23. The molecule has 0 aliphatic rings. The lowest BCUT2D eigenvalue weighted by Gasteiger charge is -2.08. The minimum absolute atomic E-state index is 0.0752. The van der Waals surface area contributed by atoms with Crippen LogP contribution in [-0.2, 0) is 23.1 Å². The van der Waals surface area contributed by atoms with Crippen molar-refractivity contribution < 1.29 is 12.8 Å². The molecular weight excluding hydrogens is 303 g/mol. The first-order valence-corrected chi connectivity index (χ1v) is 8.54. The van der Waals surface area contributed by atoms with E-state index in [0.29, 0.717) is 12.1 Å². The van der Waals surface area contributed by atoms with Gasteiger partial charge in [-0.05, 0) is 30.3 Å². The Bertz CT molecular complexity index is 715. The third kappa shape index (κ3) is 4.37. The average molecular weight is 322 g/mol. The van der Waals surface area contributed by atoms with E-state index in [-0.39, 0.29) is 11.4 Å². The summed E-state index contributed by atoms with van der Waals surface area (Å²) in [6.07, 6.45) is 0. The van der Waals surface area contributed by atoms with Crippen molar-refractivity contribution in [3.05, 3.63) is 65.5 Å². The SMILES string of the molecule is CCNCc1ccc(S(=O)(=O)NCc2ccccc2F)cc1. The van der Waals surface area contributed by atoms with Crippen molar-refractivity contribution >= 4 is 10.0 Å². The zero-order valence-corrected chi connectivity index (χ0v) is 13.2. The Morgan fingerprint density at radius 3 is 2.32 bits per heavy atom. The van der Waals surface area contributed by atoms with Crippen molar-refractivity contribution in [1.29, 1.82) is 0 Å². The molecule has 118 valence electrons. The second-order valence-electron chi connectivity index (χ2n) is 4.84. The Morgan fingerprint density at radius 2 is 1.68 bits per heavy atom. The number of halogens is 1. The Balaban J connectivity index is 2.05. The Kier molecular flexibility index (Phi) is 5.65. The molecule has 4 nitrogen and oxygen atoms in total. The third-order valence-electron chi connectivity index (χ3n) is 3.22. The first-order chi connectivity index (χ1) is 10.5. The lowest BCUT2D eigenvalue weighted by molar-refractivity contribution is 0.574. The molecular formula is C16H19FN2O2S. The first-order valence-electron chi connectivity index (χ1n) is 7.05. The molecule has 0 aromatic heterocycles. The second-order valence-corrected chi connectivity index (χ2v) is 6.61. The highest BCUT2D eigenvalue weighted by molar-refractivity contribution is 7.89. The van der Waals surface area contributed by atoms with Gasteiger partial charge in [0.05, 0.1) is 4.90 Å². The lowest BCUT2D eigenvalue weighted by atomic mass is 10.2. The molecule has 0 fully saturated rings. The van der Waals surface area contributed by atoms with Crippen molar-refractivity contribution in [2.24, 2.45) is 0 Å². The molecule has 0 heterocycles. The van der Waals surface area contributed by atoms with Gasteiger partial charge < -0.3 is 5.32 Å². The van der Waals surface area contributed by atoms with Gasteiger partial charge in [-0.1, -0.05) is 37.3 Å². The van der Waals surface area contributed by atoms with Crippen molar-refractivity contribution in [1.82, 2.24) is 10.0 Å². The molecule has 0 spiro atoms. The zero-order valence-electron chi connectivity index (χ0n) is 12.3. The van der Waals surface area contributed by atoms with Crippen LogP contribution < -0.4 is 10.0 Å². The molecule has 0 saturated heterocycles. The molecule has 2 aromatic rings. The van der Waals surface area contributed by atoms with E-state index in [1.807, 2.05) is 6.92 Å². The molecule has 2 aromatic carbocycles. The highest BCUT2D eigenvalue weighted by atomic mass is 32.2. The average Bonchev–Trinajstić information content (AvgIpc) is 2.52. The van der Waals surface area contributed by atoms with E-state index in [1.165, 1.54) is 6.07 Å². The highest BCUT2D eigenvalue weighted by Gasteiger charge is 2.14. The Labute approximate surface area is 130 Å². The van der Waals surface area contributed by atoms with Crippen LogP contribution in [0.4, 0.5) is 4.39 Å². The normalized spacial score (nSPS) is 11.5. The van der Waals surface area contributed by atoms with E-state index in [4.69, 9.17) is 0 Å². The predicted molar refractivity (Wildman–Crippen MR) is 84.2 cm³/mol. The number of hydrogen-bond donors (Lipinski definition) is 2. The maximum absolute atomic E-state index is 13.5. The fraction of sp³-hybridized carbons (Fsp3) is 0.250. The van der Waals surface area contributed by atoms with Gasteiger partial charge in [-0.3, -0.25) is 0 Å². The number of benzene rings is 2. The molecule has 0 unspecified atom stereocenters. The monoisotopic (exact) mass is 322 g/mol. The number of sulfonamides is 1. The van der Waals surface area contributed by atoms with Crippen LogP contribution in [0.3, 0.4) is 0 Å². The molecule has 2 N–H and O–H groups in total. The van der Waals surface area contributed by atoms with Gasteiger partial charge in [-0.2, -0.15) is 0 Å². The minimum Gasteiger partial charge on any atom is -0.313 e. The van der Waals surface area contributed by atoms with Crippen LogP contribution in [0, 0.1) is 5.82 Å². The van der Waals surface area contributed by atoms with E-state index in [9.17, 15) is 12.8 Å². The third-order valence-corrected chi connectivity index (χ3v) is 4.64. The van der Waals surface area contributed by atoms with Crippen LogP contribution >= 0.6 is 0 Å². The van der Waals surface area contributed by atoms with Gasteiger partial charge in [0.25, 0.3) is 0 Å². The molecule has 0 aliphatic carbocycles. The van der Waals surface area contributed by atoms with Gasteiger partial charge in [0.2, 0.25) is 10.0 Å². The first kappa shape index (κ1) is 16.6. The fourth-order valence-electron chi connectivity index (χ4n) is 1.95. The standard InChI is InChI=1S/C16H19FN2O2S/c1-2-18-11-13-7-9-15(10-8-13)22(20,21)19-12-14-5-3-4-6-16(14)17/h3-10,18-19H,2,11-12H2,1H3. The van der Waals surface area contributed by atoms with E-state index in [1.54, 1.807) is 42.5 Å². The number of hydrogen-bond acceptors (Lipinski definition) is 3. The molecule has 0 atom stereocenters. The van der Waals surface area contributed by atoms with E-state index >= 15 is 0 Å². The van der Waals surface area contributed by atoms with Gasteiger partial charge >= 0.3 is 0 Å². The van der Waals surface area contributed by atoms with Crippen LogP contribution in [0.25, 0.3) is 0 Å². The minimum atomic E-state index is -3.65. The fourth-order valence-corrected chi connectivity index (χ4v) is 2.96. The molecule has 0 saturated carbocycles. The second kappa shape index (κ2) is 7.49. The molecule has 0 radical (unpaired) electrons. The topological polar surface area (TPSA) is 58.2 Å². The maximum Gasteiger partial charge on any atom is 0.240 e. The summed E-state index contributed by atoms with van der Waals surface area (Å²) in [6, 6.07) is 12.7. The van der Waals surface area contributed by atoms with Gasteiger partial charge in [0, 0.05) is 18.7 Å². The quantitative estimate of drug-likeness (QED) is 0.823. The number of nitrogens with one attached hydrogen (secondary N) is 2. The molecule has 2 rings (SSSR count). The van der Waals surface area contributed by atoms with Crippen molar-refractivity contribution in [3.63, 3.8) is 0 Å². The maximum atomic E-state index is 13.5. The molecule has 22 heavy (non-hydrogen) atoms. The van der Waals surface area contributed by atoms with Crippen LogP contribution in [0.1, 0.15) is 18.1 Å². The zero-order chi connectivity index (χ0) is 16.0. The van der Waals surface area contributed by atoms with E-state index in [0.717, 1.165) is 12.1 Å². The smallest absolute Gasteiger partial charge is 0.240 e. The Morgan fingerprint density at radius 1 is 1.00 bits per heavy atom. The van der Waals surface area contributed by atoms with Crippen molar-refractivity contribution in [3.8, 4) is 0 Å². The van der Waals surface area contributed by atoms with Crippen molar-refractivity contribution in [2.45, 2.75) is 24.9 Å². The summed E-state index contributed by atoms with van der Waals surface area (Å²) in [5, 5.41) is 3.17. The summed E-state index contributed by atoms with van der Waals surface area (Å²) in [4.78, 5) is 0.170. The van der Waals surface area contributed by atoms with Crippen LogP contribution in [0.5, 0.6) is 0 Å². The largest absolute Gasteiger partial charge is 0.313 e. The summed E-state index contributed by atoms with van der Waals surface area (Å²) in [5.74, 6) is -0.425. The molecule has 0 bridgehead atoms. The summed E-state index contributed by atoms with van der Waals surface area (Å²) >= 11 is 0. The summed E-state index contributed by atoms with van der Waals surface area (Å²) in [5.41, 5.74) is 1.32. The van der Waals surface area contributed by atoms with Crippen molar-refractivity contribution in [2.75, 3.05) is 6.54 Å². The number of rotatable bonds is 7. The highest BCUT2D eigenvalue weighted by Crippen LogP contribution is 2.12. The van der Waals surface area contributed by atoms with Crippen LogP contribution in [0.2, 0.25) is 0 Å². The van der Waals surface area contributed by atoms with Gasteiger partial charge in [0.1, 0.15) is 5.82 Å². The van der Waals surface area contributed by atoms with Gasteiger partial charge in [0.15, 0.2) is 0 Å². The Hall–Kier alpha value is -1.76. The predicted octanol–water partition coefficient (Wildman–Crippen LogP) is 2.41. The van der Waals surface area contributed by atoms with E-state index < -0.39 is 15.8 Å². The summed E-state index contributed by atoms with van der Waals surface area (Å²) in [7, 11) is -3.65. The van der Waals surface area contributed by atoms with E-state index in [2.05, 4.69) is 10.0 Å². The van der Waals surface area contributed by atoms with Crippen LogP contribution in [-0.4, -0.2) is 15.0 Å². The van der Waals surface area contributed by atoms with Gasteiger partial charge in [-0.15, -0.1) is 0 Å². The molecule has 0 aliphatic heterocycles. The van der Waals surface area contributed by atoms with Gasteiger partial charge in [-0.25, -0.2) is 17.5 Å². The summed E-state index contributed by atoms with van der Waals surface area (Å²) in [6.45, 7) is 3.48. The van der Waals surface area contributed by atoms with Crippen LogP contribution in [0.15, 0.2) is 53.4 Å².